The van der Waals surface area contributed by atoms with E-state index in [0.717, 1.165) is 25.7 Å². The quantitative estimate of drug-likeness (QED) is 0.158. The van der Waals surface area contributed by atoms with Crippen LogP contribution >= 0.6 is 11.3 Å². The number of thiazole rings is 1. The average Bonchev–Trinajstić information content (AvgIpc) is 3.56. The lowest BCUT2D eigenvalue weighted by Crippen LogP contribution is -2.59. The first-order valence-corrected chi connectivity index (χ1v) is 20.1. The number of amides is 4. The van der Waals surface area contributed by atoms with E-state index in [-0.39, 0.29) is 31.4 Å². The molecule has 0 unspecified atom stereocenters. The smallest absolute Gasteiger partial charge is 0.408 e. The molecule has 6 rings (SSSR count). The normalized spacial score (nSPS) is 22.7. The number of ether oxygens (including phenoxy) is 3. The molecule has 0 spiro atoms. The van der Waals surface area contributed by atoms with E-state index in [1.807, 2.05) is 20.8 Å². The molecule has 1 aromatic carbocycles. The van der Waals surface area contributed by atoms with Crippen LogP contribution in [0, 0.1) is 16.7 Å². The van der Waals surface area contributed by atoms with Gasteiger partial charge < -0.3 is 40.2 Å². The summed E-state index contributed by atoms with van der Waals surface area (Å²) in [6, 6.07) is 4.81. The fraction of sp³-hybridized carbons (Fsp3) is 0.537. The first-order chi connectivity index (χ1) is 26.8. The summed E-state index contributed by atoms with van der Waals surface area (Å²) < 4.78 is 17.8. The highest BCUT2D eigenvalue weighted by Crippen LogP contribution is 2.45. The molecule has 306 valence electrons. The topological polar surface area (TPSA) is 198 Å². The van der Waals surface area contributed by atoms with Crippen LogP contribution in [-0.4, -0.2) is 93.2 Å². The molecule has 0 bridgehead atoms. The molecule has 3 aromatic rings. The standard InChI is InChI=1S/C41H52N6O9S/c1-9-22-19-41(22,36(51)52)46-33(48)30-17-25(20-47(30)34(49)32(39(2,3)4)44-38(53)56-23-12-10-11-13-23)55-31-18-28(42-27-16-24(54-8)14-15-26(27)31)29-21-57-37(43-29)45-35(50)40(5,6)7/h9,14-16,18,21-23,25,30,32H,1,10-13,17,19-20H2,2-8H3,(H,44,53)(H,46,48)(H,51,52)(H,43,45,50)/t22-,25-,30+,32-,41-/m1/s1. The van der Waals surface area contributed by atoms with Gasteiger partial charge >= 0.3 is 12.1 Å². The zero-order chi connectivity index (χ0) is 41.4. The third-order valence-corrected chi connectivity index (χ3v) is 11.5. The number of nitrogens with one attached hydrogen (secondary N) is 3. The number of aliphatic carboxylic acids is 1. The van der Waals surface area contributed by atoms with Crippen molar-refractivity contribution in [2.75, 3.05) is 19.0 Å². The van der Waals surface area contributed by atoms with Crippen LogP contribution < -0.4 is 25.4 Å². The van der Waals surface area contributed by atoms with E-state index in [2.05, 4.69) is 27.5 Å². The van der Waals surface area contributed by atoms with E-state index in [4.69, 9.17) is 19.2 Å². The first-order valence-electron chi connectivity index (χ1n) is 19.2. The Hall–Kier alpha value is -5.25. The summed E-state index contributed by atoms with van der Waals surface area (Å²) in [6.45, 7) is 14.5. The van der Waals surface area contributed by atoms with Crippen LogP contribution in [0.4, 0.5) is 9.93 Å². The van der Waals surface area contributed by atoms with Crippen molar-refractivity contribution < 1.29 is 43.3 Å². The van der Waals surface area contributed by atoms with Crippen LogP contribution in [0.3, 0.4) is 0 Å². The number of fused-ring (bicyclic) bond motifs is 1. The lowest BCUT2D eigenvalue weighted by molar-refractivity contribution is -0.146. The Morgan fingerprint density at radius 2 is 1.75 bits per heavy atom. The second-order valence-electron chi connectivity index (χ2n) is 17.2. The van der Waals surface area contributed by atoms with Gasteiger partial charge in [-0.3, -0.25) is 14.4 Å². The number of carbonyl (C=O) groups excluding carboxylic acids is 4. The van der Waals surface area contributed by atoms with Crippen LogP contribution in [-0.2, 0) is 23.9 Å². The third-order valence-electron chi connectivity index (χ3n) is 10.8. The number of nitrogens with zero attached hydrogens (tertiary/aromatic N) is 3. The molecule has 3 aliphatic rings. The number of likely N-dealkylation sites (tertiary alicyclic amines) is 1. The van der Waals surface area contributed by atoms with E-state index in [9.17, 15) is 29.1 Å². The molecular weight excluding hydrogens is 753 g/mol. The Bertz CT molecular complexity index is 2070. The minimum atomic E-state index is -1.53. The number of anilines is 1. The largest absolute Gasteiger partial charge is 0.497 e. The van der Waals surface area contributed by atoms with E-state index in [1.165, 1.54) is 22.3 Å². The van der Waals surface area contributed by atoms with Crippen LogP contribution in [0.2, 0.25) is 0 Å². The molecule has 16 heteroatoms. The van der Waals surface area contributed by atoms with Crippen molar-refractivity contribution in [3.63, 3.8) is 0 Å². The fourth-order valence-electron chi connectivity index (χ4n) is 7.26. The van der Waals surface area contributed by atoms with Gasteiger partial charge in [0.05, 0.1) is 24.9 Å². The van der Waals surface area contributed by atoms with Crippen LogP contribution in [0.15, 0.2) is 42.3 Å². The third kappa shape index (κ3) is 9.00. The molecule has 57 heavy (non-hydrogen) atoms. The van der Waals surface area contributed by atoms with Gasteiger partial charge in [-0.2, -0.15) is 0 Å². The van der Waals surface area contributed by atoms with E-state index < -0.39 is 64.4 Å². The predicted octanol–water partition coefficient (Wildman–Crippen LogP) is 5.93. The Labute approximate surface area is 335 Å². The average molecular weight is 805 g/mol. The van der Waals surface area contributed by atoms with Gasteiger partial charge in [-0.05, 0) is 49.7 Å². The molecule has 4 amide bonds. The molecule has 1 saturated heterocycles. The van der Waals surface area contributed by atoms with Crippen molar-refractivity contribution >= 4 is 57.2 Å². The van der Waals surface area contributed by atoms with Gasteiger partial charge in [0, 0.05) is 40.7 Å². The summed E-state index contributed by atoms with van der Waals surface area (Å²) in [7, 11) is 1.55. The van der Waals surface area contributed by atoms with Gasteiger partial charge in [-0.25, -0.2) is 19.6 Å². The summed E-state index contributed by atoms with van der Waals surface area (Å²) in [4.78, 5) is 77.7. The number of rotatable bonds is 12. The zero-order valence-electron chi connectivity index (χ0n) is 33.5. The van der Waals surface area contributed by atoms with Crippen molar-refractivity contribution in [1.29, 1.82) is 0 Å². The highest BCUT2D eigenvalue weighted by Gasteiger charge is 2.61. The number of hydrogen-bond donors (Lipinski definition) is 4. The molecule has 15 nitrogen and oxygen atoms in total. The number of pyridine rings is 1. The fourth-order valence-corrected chi connectivity index (χ4v) is 7.96. The van der Waals surface area contributed by atoms with Gasteiger partial charge in [0.2, 0.25) is 17.7 Å². The summed E-state index contributed by atoms with van der Waals surface area (Å²) in [5.41, 5.74) is -1.50. The number of carboxylic acids is 1. The van der Waals surface area contributed by atoms with Crippen LogP contribution in [0.1, 0.15) is 80.1 Å². The summed E-state index contributed by atoms with van der Waals surface area (Å²) in [6.07, 6.45) is 3.41. The van der Waals surface area contributed by atoms with Gasteiger partial charge in [0.25, 0.3) is 0 Å². The Kier molecular flexibility index (Phi) is 11.6. The molecule has 5 atom stereocenters. The van der Waals surface area contributed by atoms with Crippen molar-refractivity contribution in [3.8, 4) is 22.9 Å². The predicted molar refractivity (Wildman–Crippen MR) is 214 cm³/mol. The Balaban J connectivity index is 1.32. The molecular formula is C41H52N6O9S. The number of hydrogen-bond acceptors (Lipinski definition) is 11. The number of benzene rings is 1. The second-order valence-corrected chi connectivity index (χ2v) is 18.0. The minimum absolute atomic E-state index is 0.0183. The maximum atomic E-state index is 14.6. The van der Waals surface area contributed by atoms with Crippen molar-refractivity contribution in [2.45, 2.75) is 110 Å². The molecule has 3 fully saturated rings. The van der Waals surface area contributed by atoms with Gasteiger partial charge in [-0.15, -0.1) is 17.9 Å². The highest BCUT2D eigenvalue weighted by atomic mass is 32.1. The van der Waals surface area contributed by atoms with E-state index in [1.54, 1.807) is 57.5 Å². The second kappa shape index (κ2) is 15.9. The number of alkyl carbamates (subject to hydrolysis) is 1. The lowest BCUT2D eigenvalue weighted by Gasteiger charge is -2.35. The Morgan fingerprint density at radius 3 is 2.37 bits per heavy atom. The molecule has 0 radical (unpaired) electrons. The number of carbonyl (C=O) groups is 5. The van der Waals surface area contributed by atoms with Crippen molar-refractivity contribution in [1.82, 2.24) is 25.5 Å². The summed E-state index contributed by atoms with van der Waals surface area (Å²) in [5.74, 6) is -2.09. The molecule has 4 N–H and O–H groups in total. The first kappa shape index (κ1) is 41.4. The SMILES string of the molecule is C=C[C@@H]1C[C@]1(NC(=O)[C@@H]1C[C@@H](Oc2cc(-c3csc(NC(=O)C(C)(C)C)n3)nc3cc(OC)ccc23)CN1C(=O)[C@@H](NC(=O)OC1CCCC1)C(C)(C)C)C(=O)O. The van der Waals surface area contributed by atoms with Crippen LogP contribution in [0.25, 0.3) is 22.3 Å². The number of methoxy groups -OCH3 is 1. The monoisotopic (exact) mass is 804 g/mol. The van der Waals surface area contributed by atoms with Gasteiger partial charge in [0.1, 0.15) is 47.0 Å². The lowest BCUT2D eigenvalue weighted by atomic mass is 9.85. The summed E-state index contributed by atoms with van der Waals surface area (Å²) in [5, 5.41) is 21.2. The molecule has 2 aliphatic carbocycles. The number of aromatic nitrogens is 2. The van der Waals surface area contributed by atoms with Crippen LogP contribution in [0.5, 0.6) is 11.5 Å². The molecule has 2 aromatic heterocycles. The van der Waals surface area contributed by atoms with Crippen molar-refractivity contribution in [2.24, 2.45) is 16.7 Å². The molecule has 3 heterocycles. The highest BCUT2D eigenvalue weighted by molar-refractivity contribution is 7.14. The minimum Gasteiger partial charge on any atom is -0.497 e. The molecule has 1 aliphatic heterocycles. The van der Waals surface area contributed by atoms with E-state index in [0.29, 0.717) is 38.9 Å². The zero-order valence-corrected chi connectivity index (χ0v) is 34.3. The van der Waals surface area contributed by atoms with E-state index >= 15 is 0 Å². The maximum absolute atomic E-state index is 14.6. The Morgan fingerprint density at radius 1 is 1.04 bits per heavy atom. The summed E-state index contributed by atoms with van der Waals surface area (Å²) >= 11 is 1.25. The van der Waals surface area contributed by atoms with Gasteiger partial charge in [0.15, 0.2) is 5.13 Å². The van der Waals surface area contributed by atoms with Gasteiger partial charge in [-0.1, -0.05) is 47.6 Å². The van der Waals surface area contributed by atoms with Crippen molar-refractivity contribution in [3.05, 3.63) is 42.3 Å². The maximum Gasteiger partial charge on any atom is 0.408 e. The molecule has 2 saturated carbocycles. The number of carboxylic acid groups (broad SMARTS) is 1.